The van der Waals surface area contributed by atoms with Crippen molar-refractivity contribution in [2.24, 2.45) is 0 Å². The number of hydrogen-bond acceptors (Lipinski definition) is 6. The molecular formula is C16H16Cl2N6OS. The van der Waals surface area contributed by atoms with Crippen molar-refractivity contribution in [1.29, 1.82) is 0 Å². The minimum Gasteiger partial charge on any atom is -0.302 e. The van der Waals surface area contributed by atoms with Crippen molar-refractivity contribution in [3.63, 3.8) is 0 Å². The van der Waals surface area contributed by atoms with Crippen LogP contribution in [0.15, 0.2) is 24.4 Å². The van der Waals surface area contributed by atoms with Crippen molar-refractivity contribution in [2.45, 2.75) is 32.7 Å². The van der Waals surface area contributed by atoms with Crippen LogP contribution in [0.4, 0.5) is 5.13 Å². The predicted molar refractivity (Wildman–Crippen MR) is 102 cm³/mol. The van der Waals surface area contributed by atoms with Gasteiger partial charge in [-0.3, -0.25) is 4.79 Å². The Morgan fingerprint density at radius 2 is 2.15 bits per heavy atom. The second kappa shape index (κ2) is 8.11. The van der Waals surface area contributed by atoms with Crippen molar-refractivity contribution in [3.05, 3.63) is 50.7 Å². The summed E-state index contributed by atoms with van der Waals surface area (Å²) in [7, 11) is 0. The van der Waals surface area contributed by atoms with Crippen LogP contribution in [0.2, 0.25) is 10.0 Å². The molecule has 1 N–H and O–H groups in total. The average Bonchev–Trinajstić information content (AvgIpc) is 3.21. The number of thiazole rings is 1. The molecule has 0 aliphatic carbocycles. The number of tetrazole rings is 1. The summed E-state index contributed by atoms with van der Waals surface area (Å²) in [5.41, 5.74) is 0.912. The van der Waals surface area contributed by atoms with Crippen LogP contribution in [0, 0.1) is 0 Å². The number of anilines is 1. The number of halogens is 2. The number of nitrogens with one attached hydrogen (secondary N) is 1. The monoisotopic (exact) mass is 410 g/mol. The van der Waals surface area contributed by atoms with Crippen molar-refractivity contribution >= 4 is 45.6 Å². The van der Waals surface area contributed by atoms with Gasteiger partial charge in [0.1, 0.15) is 0 Å². The number of carbonyl (C=O) groups is 1. The Kier molecular flexibility index (Phi) is 5.85. The lowest BCUT2D eigenvalue weighted by atomic mass is 10.1. The molecule has 1 aromatic carbocycles. The Hall–Kier alpha value is -2.03. The molecular weight excluding hydrogens is 395 g/mol. The first-order valence-electron chi connectivity index (χ1n) is 7.88. The van der Waals surface area contributed by atoms with Crippen molar-refractivity contribution in [1.82, 2.24) is 25.2 Å². The maximum atomic E-state index is 12.1. The summed E-state index contributed by atoms with van der Waals surface area (Å²) in [4.78, 5) is 18.8. The van der Waals surface area contributed by atoms with Gasteiger partial charge in [0.05, 0.1) is 22.5 Å². The van der Waals surface area contributed by atoms with Gasteiger partial charge < -0.3 is 5.32 Å². The number of carbonyl (C=O) groups excluding carboxylic acids is 1. The Morgan fingerprint density at radius 1 is 1.35 bits per heavy atom. The van der Waals surface area contributed by atoms with Crippen LogP contribution in [0.1, 0.15) is 36.2 Å². The van der Waals surface area contributed by atoms with E-state index in [0.717, 1.165) is 10.4 Å². The second-order valence-electron chi connectivity index (χ2n) is 5.87. The molecule has 0 aliphatic rings. The third kappa shape index (κ3) is 4.57. The molecule has 0 unspecified atom stereocenters. The summed E-state index contributed by atoms with van der Waals surface area (Å²) in [6, 6.07) is 5.61. The molecule has 136 valence electrons. The molecule has 0 atom stereocenters. The molecule has 2 aromatic heterocycles. The molecule has 1 amide bonds. The van der Waals surface area contributed by atoms with E-state index in [9.17, 15) is 4.79 Å². The fourth-order valence-electron chi connectivity index (χ4n) is 2.17. The van der Waals surface area contributed by atoms with E-state index in [2.05, 4.69) is 25.7 Å². The van der Waals surface area contributed by atoms with Gasteiger partial charge in [-0.05, 0) is 30.7 Å². The van der Waals surface area contributed by atoms with Gasteiger partial charge in [-0.15, -0.1) is 21.5 Å². The smallest absolute Gasteiger partial charge is 0.233 e. The number of nitrogens with zero attached hydrogens (tertiary/aromatic N) is 5. The molecule has 2 heterocycles. The van der Waals surface area contributed by atoms with Crippen LogP contribution in [0.5, 0.6) is 0 Å². The van der Waals surface area contributed by atoms with Crippen molar-refractivity contribution < 1.29 is 4.79 Å². The standard InChI is InChI=1S/C16H16Cl2N6OS/c1-9(2)24-22-13(21-23-24)7-14(25)20-16-19-8-11(26-16)6-10-4-3-5-12(17)15(10)18/h3-5,8-9H,6-7H2,1-2H3,(H,19,20,25). The van der Waals surface area contributed by atoms with Gasteiger partial charge in [0, 0.05) is 17.5 Å². The van der Waals surface area contributed by atoms with Crippen LogP contribution >= 0.6 is 34.5 Å². The number of hydrogen-bond donors (Lipinski definition) is 1. The maximum absolute atomic E-state index is 12.1. The van der Waals surface area contributed by atoms with E-state index >= 15 is 0 Å². The van der Waals surface area contributed by atoms with E-state index in [1.807, 2.05) is 26.0 Å². The lowest BCUT2D eigenvalue weighted by Crippen LogP contribution is -2.15. The summed E-state index contributed by atoms with van der Waals surface area (Å²) >= 11 is 13.6. The third-order valence-corrected chi connectivity index (χ3v) is 5.22. The van der Waals surface area contributed by atoms with E-state index < -0.39 is 0 Å². The zero-order valence-electron chi connectivity index (χ0n) is 14.1. The summed E-state index contributed by atoms with van der Waals surface area (Å²) < 4.78 is 0. The van der Waals surface area contributed by atoms with Gasteiger partial charge in [-0.1, -0.05) is 35.3 Å². The Bertz CT molecular complexity index is 923. The molecule has 0 saturated heterocycles. The SMILES string of the molecule is CC(C)n1nnc(CC(=O)Nc2ncc(Cc3cccc(Cl)c3Cl)s2)n1. The first-order chi connectivity index (χ1) is 12.4. The Balaban J connectivity index is 1.60. The van der Waals surface area contributed by atoms with Crippen LogP contribution < -0.4 is 5.32 Å². The Morgan fingerprint density at radius 3 is 2.88 bits per heavy atom. The zero-order valence-corrected chi connectivity index (χ0v) is 16.4. The summed E-state index contributed by atoms with van der Waals surface area (Å²) in [6.45, 7) is 3.88. The average molecular weight is 411 g/mol. The van der Waals surface area contributed by atoms with Crippen molar-refractivity contribution in [2.75, 3.05) is 5.32 Å². The van der Waals surface area contributed by atoms with Gasteiger partial charge in [-0.2, -0.15) is 4.80 Å². The third-order valence-electron chi connectivity index (χ3n) is 3.45. The lowest BCUT2D eigenvalue weighted by molar-refractivity contribution is -0.115. The van der Waals surface area contributed by atoms with E-state index in [4.69, 9.17) is 23.2 Å². The molecule has 0 saturated carbocycles. The predicted octanol–water partition coefficient (Wildman–Crippen LogP) is 3.79. The van der Waals surface area contributed by atoms with Crippen LogP contribution in [0.3, 0.4) is 0 Å². The largest absolute Gasteiger partial charge is 0.302 e. The highest BCUT2D eigenvalue weighted by molar-refractivity contribution is 7.15. The molecule has 0 spiro atoms. The molecule has 0 fully saturated rings. The van der Waals surface area contributed by atoms with E-state index in [1.54, 1.807) is 12.3 Å². The molecule has 26 heavy (non-hydrogen) atoms. The van der Waals surface area contributed by atoms with Gasteiger partial charge in [0.2, 0.25) is 5.91 Å². The molecule has 0 bridgehead atoms. The Labute approximate surface area is 164 Å². The maximum Gasteiger partial charge on any atom is 0.233 e. The molecule has 0 aliphatic heterocycles. The highest BCUT2D eigenvalue weighted by Gasteiger charge is 2.13. The molecule has 0 radical (unpaired) electrons. The van der Waals surface area contributed by atoms with Gasteiger partial charge in [0.25, 0.3) is 0 Å². The van der Waals surface area contributed by atoms with E-state index in [1.165, 1.54) is 16.1 Å². The molecule has 7 nitrogen and oxygen atoms in total. The highest BCUT2D eigenvalue weighted by Crippen LogP contribution is 2.29. The summed E-state index contributed by atoms with van der Waals surface area (Å²) in [5.74, 6) is 0.133. The second-order valence-corrected chi connectivity index (χ2v) is 7.77. The quantitative estimate of drug-likeness (QED) is 0.667. The molecule has 10 heteroatoms. The molecule has 3 rings (SSSR count). The minimum atomic E-state index is -0.241. The normalized spacial score (nSPS) is 11.1. The number of amides is 1. The van der Waals surface area contributed by atoms with Crippen LogP contribution in [-0.4, -0.2) is 31.1 Å². The summed E-state index contributed by atoms with van der Waals surface area (Å²) in [6.07, 6.45) is 2.35. The highest BCUT2D eigenvalue weighted by atomic mass is 35.5. The number of rotatable bonds is 6. The summed E-state index contributed by atoms with van der Waals surface area (Å²) in [5, 5.41) is 16.3. The first-order valence-corrected chi connectivity index (χ1v) is 9.45. The zero-order chi connectivity index (χ0) is 18.7. The minimum absolute atomic E-state index is 0.0434. The lowest BCUT2D eigenvalue weighted by Gasteiger charge is -2.03. The fraction of sp³-hybridized carbons (Fsp3) is 0.312. The van der Waals surface area contributed by atoms with E-state index in [0.29, 0.717) is 27.4 Å². The van der Waals surface area contributed by atoms with Gasteiger partial charge in [0.15, 0.2) is 11.0 Å². The molecule has 3 aromatic rings. The first kappa shape index (κ1) is 18.8. The van der Waals surface area contributed by atoms with E-state index in [-0.39, 0.29) is 18.4 Å². The number of benzene rings is 1. The van der Waals surface area contributed by atoms with Crippen LogP contribution in [0.25, 0.3) is 0 Å². The van der Waals surface area contributed by atoms with Crippen molar-refractivity contribution in [3.8, 4) is 0 Å². The topological polar surface area (TPSA) is 85.6 Å². The van der Waals surface area contributed by atoms with Gasteiger partial charge >= 0.3 is 0 Å². The fourth-order valence-corrected chi connectivity index (χ4v) is 3.41. The van der Waals surface area contributed by atoms with Gasteiger partial charge in [-0.25, -0.2) is 4.98 Å². The van der Waals surface area contributed by atoms with Crippen LogP contribution in [-0.2, 0) is 17.6 Å². The number of aromatic nitrogens is 5.